The van der Waals surface area contributed by atoms with E-state index in [9.17, 15) is 9.59 Å². The van der Waals surface area contributed by atoms with Crippen LogP contribution in [0.4, 0.5) is 5.95 Å². The van der Waals surface area contributed by atoms with E-state index in [0.29, 0.717) is 23.0 Å². The Labute approximate surface area is 179 Å². The summed E-state index contributed by atoms with van der Waals surface area (Å²) in [5.74, 6) is 0.439. The molecule has 0 unspecified atom stereocenters. The van der Waals surface area contributed by atoms with Crippen molar-refractivity contribution in [1.82, 2.24) is 20.1 Å². The average molecular weight is 421 g/mol. The van der Waals surface area contributed by atoms with Crippen molar-refractivity contribution in [2.75, 3.05) is 18.1 Å². The Morgan fingerprint density at radius 2 is 2.00 bits per heavy atom. The average Bonchev–Trinajstić information content (AvgIpc) is 3.46. The molecule has 4 rings (SSSR count). The number of nitrogens with one attached hydrogen (secondary N) is 1. The molecular weight excluding hydrogens is 398 g/mol. The smallest absolute Gasteiger partial charge is 0.338 e. The summed E-state index contributed by atoms with van der Waals surface area (Å²) in [5, 5.41) is 7.18. The third-order valence-corrected chi connectivity index (χ3v) is 5.06. The molecule has 0 saturated carbocycles. The Kier molecular flexibility index (Phi) is 5.83. The maximum atomic E-state index is 13.0. The Balaban J connectivity index is 1.68. The van der Waals surface area contributed by atoms with Gasteiger partial charge in [0.2, 0.25) is 11.9 Å². The number of aromatic nitrogens is 3. The first-order chi connectivity index (χ1) is 15.1. The molecule has 1 N–H and O–H groups in total. The molecule has 3 heterocycles. The van der Waals surface area contributed by atoms with Gasteiger partial charge >= 0.3 is 5.97 Å². The molecule has 160 valence electrons. The van der Waals surface area contributed by atoms with Gasteiger partial charge in [0.15, 0.2) is 0 Å². The lowest BCUT2D eigenvalue weighted by Gasteiger charge is -2.35. The zero-order chi connectivity index (χ0) is 21.8. The fourth-order valence-corrected chi connectivity index (χ4v) is 3.63. The normalized spacial score (nSPS) is 15.5. The monoisotopic (exact) mass is 421 g/mol. The van der Waals surface area contributed by atoms with E-state index in [-0.39, 0.29) is 25.6 Å². The van der Waals surface area contributed by atoms with Gasteiger partial charge in [-0.3, -0.25) is 4.79 Å². The van der Waals surface area contributed by atoms with E-state index in [1.54, 1.807) is 41.8 Å². The first-order valence-electron chi connectivity index (χ1n) is 9.99. The number of carbonyl (C=O) groups is 2. The Hall–Kier alpha value is -3.88. The van der Waals surface area contributed by atoms with E-state index >= 15 is 0 Å². The highest BCUT2D eigenvalue weighted by Gasteiger charge is 2.38. The molecule has 0 radical (unpaired) electrons. The maximum Gasteiger partial charge on any atom is 0.338 e. The van der Waals surface area contributed by atoms with Crippen LogP contribution >= 0.6 is 0 Å². The van der Waals surface area contributed by atoms with Gasteiger partial charge in [0.05, 0.1) is 25.0 Å². The quantitative estimate of drug-likeness (QED) is 0.585. The van der Waals surface area contributed by atoms with Crippen LogP contribution in [0.25, 0.3) is 0 Å². The summed E-state index contributed by atoms with van der Waals surface area (Å²) in [7, 11) is 0. The highest BCUT2D eigenvalue weighted by molar-refractivity contribution is 5.93. The van der Waals surface area contributed by atoms with Crippen molar-refractivity contribution in [3.63, 3.8) is 0 Å². The minimum Gasteiger partial charge on any atom is -0.467 e. The molecule has 1 amide bonds. The van der Waals surface area contributed by atoms with Crippen LogP contribution < -0.4 is 10.2 Å². The number of hydrogen-bond donors (Lipinski definition) is 1. The molecule has 0 aliphatic carbocycles. The molecule has 9 nitrogen and oxygen atoms in total. The number of allylic oxidation sites excluding steroid dienone is 1. The van der Waals surface area contributed by atoms with Crippen molar-refractivity contribution in [1.29, 1.82) is 0 Å². The van der Waals surface area contributed by atoms with Crippen molar-refractivity contribution in [2.24, 2.45) is 0 Å². The van der Waals surface area contributed by atoms with Gasteiger partial charge in [-0.05, 0) is 31.5 Å². The number of rotatable bonds is 7. The van der Waals surface area contributed by atoms with Gasteiger partial charge in [-0.25, -0.2) is 9.48 Å². The number of nitrogens with zero attached hydrogens (tertiary/aromatic N) is 4. The summed E-state index contributed by atoms with van der Waals surface area (Å²) in [5.41, 5.74) is 1.89. The van der Waals surface area contributed by atoms with Crippen LogP contribution in [-0.2, 0) is 20.9 Å². The minimum absolute atomic E-state index is 0.0321. The molecule has 3 aromatic rings. The molecule has 31 heavy (non-hydrogen) atoms. The molecule has 0 spiro atoms. The topological polar surface area (TPSA) is 102 Å². The number of amides is 1. The van der Waals surface area contributed by atoms with Crippen molar-refractivity contribution < 1.29 is 18.7 Å². The maximum absolute atomic E-state index is 13.0. The number of benzene rings is 1. The molecule has 1 aromatic carbocycles. The summed E-state index contributed by atoms with van der Waals surface area (Å²) >= 11 is 0. The van der Waals surface area contributed by atoms with Gasteiger partial charge < -0.3 is 19.4 Å². The largest absolute Gasteiger partial charge is 0.467 e. The van der Waals surface area contributed by atoms with Crippen molar-refractivity contribution in [2.45, 2.75) is 26.4 Å². The second-order valence-electron chi connectivity index (χ2n) is 6.98. The SMILES string of the molecule is CCOC(=O)C1=C(C)N(CC(=O)NCc2ccco2)c2ncnn2[C@@H]1c1ccccc1. The van der Waals surface area contributed by atoms with Gasteiger partial charge in [0.25, 0.3) is 0 Å². The number of ether oxygens (including phenoxy) is 1. The lowest BCUT2D eigenvalue weighted by molar-refractivity contribution is -0.139. The summed E-state index contributed by atoms with van der Waals surface area (Å²) in [4.78, 5) is 31.6. The van der Waals surface area contributed by atoms with Crippen molar-refractivity contribution in [3.05, 3.63) is 77.6 Å². The first-order valence-corrected chi connectivity index (χ1v) is 9.99. The van der Waals surface area contributed by atoms with Crippen LogP contribution in [0.2, 0.25) is 0 Å². The van der Waals surface area contributed by atoms with Gasteiger partial charge in [-0.2, -0.15) is 10.1 Å². The molecule has 1 aliphatic rings. The van der Waals surface area contributed by atoms with E-state index in [1.165, 1.54) is 6.33 Å². The fourth-order valence-electron chi connectivity index (χ4n) is 3.63. The van der Waals surface area contributed by atoms with Crippen LogP contribution in [0.5, 0.6) is 0 Å². The number of hydrogen-bond acceptors (Lipinski definition) is 7. The minimum atomic E-state index is -0.500. The van der Waals surface area contributed by atoms with Crippen LogP contribution in [0.3, 0.4) is 0 Å². The van der Waals surface area contributed by atoms with Crippen molar-refractivity contribution in [3.8, 4) is 0 Å². The third-order valence-electron chi connectivity index (χ3n) is 5.06. The highest BCUT2D eigenvalue weighted by Crippen LogP contribution is 2.38. The number of anilines is 1. The zero-order valence-corrected chi connectivity index (χ0v) is 17.3. The number of fused-ring (bicyclic) bond motifs is 1. The van der Waals surface area contributed by atoms with Gasteiger partial charge in [0, 0.05) is 5.70 Å². The van der Waals surface area contributed by atoms with E-state index in [4.69, 9.17) is 9.15 Å². The molecule has 1 aliphatic heterocycles. The molecule has 0 fully saturated rings. The number of carbonyl (C=O) groups excluding carboxylic acids is 2. The van der Waals surface area contributed by atoms with Crippen molar-refractivity contribution >= 4 is 17.8 Å². The van der Waals surface area contributed by atoms with E-state index in [2.05, 4.69) is 15.4 Å². The predicted octanol–water partition coefficient (Wildman–Crippen LogP) is 2.43. The van der Waals surface area contributed by atoms with Gasteiger partial charge in [0.1, 0.15) is 24.7 Å². The second-order valence-corrected chi connectivity index (χ2v) is 6.98. The van der Waals surface area contributed by atoms with E-state index in [1.807, 2.05) is 30.3 Å². The lowest BCUT2D eigenvalue weighted by Crippen LogP contribution is -2.42. The van der Waals surface area contributed by atoms with Crippen LogP contribution in [0.1, 0.15) is 31.2 Å². The molecule has 9 heteroatoms. The van der Waals surface area contributed by atoms with Gasteiger partial charge in [-0.15, -0.1) is 0 Å². The Bertz CT molecular complexity index is 1090. The summed E-state index contributed by atoms with van der Waals surface area (Å²) < 4.78 is 12.2. The third kappa shape index (κ3) is 4.07. The molecule has 0 saturated heterocycles. The van der Waals surface area contributed by atoms with E-state index in [0.717, 1.165) is 5.56 Å². The van der Waals surface area contributed by atoms with E-state index < -0.39 is 12.0 Å². The van der Waals surface area contributed by atoms with Crippen LogP contribution in [0, 0.1) is 0 Å². The molecular formula is C22H23N5O4. The predicted molar refractivity (Wildman–Crippen MR) is 112 cm³/mol. The summed E-state index contributed by atoms with van der Waals surface area (Å²) in [6.07, 6.45) is 2.97. The Morgan fingerprint density at radius 3 is 2.71 bits per heavy atom. The first kappa shape index (κ1) is 20.4. The number of esters is 1. The number of furan rings is 1. The second kappa shape index (κ2) is 8.86. The lowest BCUT2D eigenvalue weighted by atomic mass is 9.95. The Morgan fingerprint density at radius 1 is 1.19 bits per heavy atom. The van der Waals surface area contributed by atoms with Crippen LogP contribution in [0.15, 0.2) is 70.7 Å². The summed E-state index contributed by atoms with van der Waals surface area (Å²) in [6, 6.07) is 12.6. The van der Waals surface area contributed by atoms with Gasteiger partial charge in [-0.1, -0.05) is 30.3 Å². The zero-order valence-electron chi connectivity index (χ0n) is 17.3. The molecule has 0 bridgehead atoms. The highest BCUT2D eigenvalue weighted by atomic mass is 16.5. The molecule has 1 atom stereocenters. The standard InChI is InChI=1S/C22H23N5O4/c1-3-30-21(29)19-15(2)26(13-18(28)23-12-17-10-7-11-31-17)22-24-14-25-27(22)20(19)16-8-5-4-6-9-16/h4-11,14,20H,3,12-13H2,1-2H3,(H,23,28)/t20-/m1/s1. The summed E-state index contributed by atoms with van der Waals surface area (Å²) in [6.45, 7) is 4.03. The van der Waals surface area contributed by atoms with Crippen LogP contribution in [-0.4, -0.2) is 39.8 Å². The molecule has 2 aromatic heterocycles. The fraction of sp³-hybridized carbons (Fsp3) is 0.273.